The Balaban J connectivity index is 0.000000555. The van der Waals surface area contributed by atoms with Gasteiger partial charge in [-0.25, -0.2) is 0 Å². The monoisotopic (exact) mass is 308 g/mol. The van der Waals surface area contributed by atoms with Crippen molar-refractivity contribution >= 4 is 21.7 Å². The first-order valence-electron chi connectivity index (χ1n) is 6.06. The van der Waals surface area contributed by atoms with Gasteiger partial charge in [0.05, 0.1) is 6.26 Å². The third-order valence-electron chi connectivity index (χ3n) is 2.47. The second kappa shape index (κ2) is 9.31. The normalized spacial score (nSPS) is 12.5. The summed E-state index contributed by atoms with van der Waals surface area (Å²) in [6.07, 6.45) is 4.10. The minimum absolute atomic E-state index is 0.224. The number of benzene rings is 1. The van der Waals surface area contributed by atoms with Gasteiger partial charge in [-0.1, -0.05) is 43.5 Å². The van der Waals surface area contributed by atoms with Crippen molar-refractivity contribution in [3.63, 3.8) is 0 Å². The molecule has 0 aliphatic heterocycles. The lowest BCUT2D eigenvalue weighted by Crippen LogP contribution is -2.03. The summed E-state index contributed by atoms with van der Waals surface area (Å²) in [6.45, 7) is 2.39. The van der Waals surface area contributed by atoms with Gasteiger partial charge in [-0.15, -0.1) is 0 Å². The molecule has 0 amide bonds. The van der Waals surface area contributed by atoms with Gasteiger partial charge in [-0.3, -0.25) is 4.55 Å². The Bertz CT molecular complexity index is 434. The Kier molecular flexibility index (Phi) is 9.01. The zero-order valence-electron chi connectivity index (χ0n) is 11.2. The van der Waals surface area contributed by atoms with E-state index in [9.17, 15) is 13.5 Å². The first-order valence-corrected chi connectivity index (χ1v) is 8.29. The summed E-state index contributed by atoms with van der Waals surface area (Å²) < 4.78 is 25.9. The van der Waals surface area contributed by atoms with E-state index in [-0.39, 0.29) is 12.5 Å². The van der Waals surface area contributed by atoms with Crippen molar-refractivity contribution < 1.29 is 18.1 Å². The molecule has 0 fully saturated rings. The van der Waals surface area contributed by atoms with E-state index < -0.39 is 10.1 Å². The number of aliphatic hydroxyl groups excluding tert-OH is 1. The van der Waals surface area contributed by atoms with Crippen LogP contribution in [-0.4, -0.2) is 30.9 Å². The predicted molar refractivity (Wildman–Crippen MR) is 78.3 cm³/mol. The topological polar surface area (TPSA) is 74.6 Å². The molecule has 0 bridgehead atoms. The molecule has 0 aliphatic carbocycles. The van der Waals surface area contributed by atoms with Crippen molar-refractivity contribution in [2.24, 2.45) is 0 Å². The van der Waals surface area contributed by atoms with Crippen LogP contribution in [0.5, 0.6) is 0 Å². The first-order chi connectivity index (χ1) is 8.77. The van der Waals surface area contributed by atoms with Crippen LogP contribution in [0, 0.1) is 0 Å². The fourth-order valence-electron chi connectivity index (χ4n) is 1.55. The van der Waals surface area contributed by atoms with E-state index in [0.29, 0.717) is 6.26 Å². The summed E-state index contributed by atoms with van der Waals surface area (Å²) in [7, 11) is -3.67. The number of hydrogen-bond donors (Lipinski definition) is 2. The van der Waals surface area contributed by atoms with Gasteiger partial charge in [0.15, 0.2) is 0 Å². The highest BCUT2D eigenvalue weighted by atomic mass is 35.5. The number of hydrogen-bond acceptors (Lipinski definition) is 3. The molecule has 0 aliphatic rings. The van der Waals surface area contributed by atoms with Crippen LogP contribution in [-0.2, 0) is 10.1 Å². The Morgan fingerprint density at radius 3 is 2.11 bits per heavy atom. The quantitative estimate of drug-likeness (QED) is 0.820. The maximum absolute atomic E-state index is 9.24. The molecule has 0 spiro atoms. The highest BCUT2D eigenvalue weighted by Crippen LogP contribution is 2.22. The van der Waals surface area contributed by atoms with Crippen LogP contribution in [0.15, 0.2) is 24.3 Å². The summed E-state index contributed by atoms with van der Waals surface area (Å²) in [5, 5.41) is 9.99. The van der Waals surface area contributed by atoms with E-state index >= 15 is 0 Å². The lowest BCUT2D eigenvalue weighted by atomic mass is 9.94. The van der Waals surface area contributed by atoms with E-state index in [0.717, 1.165) is 17.9 Å². The van der Waals surface area contributed by atoms with Gasteiger partial charge in [-0.05, 0) is 24.1 Å². The van der Waals surface area contributed by atoms with Crippen LogP contribution in [0.4, 0.5) is 0 Å². The Morgan fingerprint density at radius 1 is 1.26 bits per heavy atom. The number of halogens is 1. The maximum Gasteiger partial charge on any atom is 0.261 e. The second-order valence-corrected chi connectivity index (χ2v) is 6.21. The minimum atomic E-state index is -3.67. The number of rotatable bonds is 5. The highest BCUT2D eigenvalue weighted by Gasteiger charge is 2.08. The van der Waals surface area contributed by atoms with Gasteiger partial charge in [0.1, 0.15) is 0 Å². The molecule has 110 valence electrons. The SMILES string of the molecule is CCCCC(CO)c1ccc(Cl)cc1.CS(=O)(=O)O. The Labute approximate surface area is 120 Å². The number of aliphatic hydroxyl groups is 1. The lowest BCUT2D eigenvalue weighted by Gasteiger charge is -2.13. The van der Waals surface area contributed by atoms with E-state index in [4.69, 9.17) is 16.2 Å². The molecule has 0 saturated carbocycles. The standard InChI is InChI=1S/C12H17ClO.CH4O3S/c1-2-3-4-11(9-14)10-5-7-12(13)8-6-10;1-5(2,3)4/h5-8,11,14H,2-4,9H2,1H3;1H3,(H,2,3,4). The Hall–Kier alpha value is -0.620. The molecular formula is C13H21ClO4S. The van der Waals surface area contributed by atoms with Gasteiger partial charge < -0.3 is 5.11 Å². The molecule has 0 heterocycles. The lowest BCUT2D eigenvalue weighted by molar-refractivity contribution is 0.257. The molecule has 0 aromatic heterocycles. The highest BCUT2D eigenvalue weighted by molar-refractivity contribution is 7.85. The second-order valence-electron chi connectivity index (χ2n) is 4.31. The molecule has 1 aromatic carbocycles. The molecular weight excluding hydrogens is 288 g/mol. The van der Waals surface area contributed by atoms with Crippen molar-refractivity contribution in [1.82, 2.24) is 0 Å². The van der Waals surface area contributed by atoms with Crippen LogP contribution in [0.25, 0.3) is 0 Å². The molecule has 1 unspecified atom stereocenters. The summed E-state index contributed by atoms with van der Waals surface area (Å²) in [6, 6.07) is 7.76. The fourth-order valence-corrected chi connectivity index (χ4v) is 1.67. The van der Waals surface area contributed by atoms with E-state index in [2.05, 4.69) is 6.92 Å². The molecule has 0 radical (unpaired) electrons. The number of unbranched alkanes of at least 4 members (excludes halogenated alkanes) is 1. The van der Waals surface area contributed by atoms with Crippen molar-refractivity contribution in [2.75, 3.05) is 12.9 Å². The van der Waals surface area contributed by atoms with Gasteiger partial charge in [0.2, 0.25) is 0 Å². The fraction of sp³-hybridized carbons (Fsp3) is 0.538. The average molecular weight is 309 g/mol. The van der Waals surface area contributed by atoms with Crippen LogP contribution < -0.4 is 0 Å². The summed E-state index contributed by atoms with van der Waals surface area (Å²) in [5.74, 6) is 0.271. The molecule has 1 rings (SSSR count). The van der Waals surface area contributed by atoms with Crippen LogP contribution in [0.1, 0.15) is 37.7 Å². The maximum atomic E-state index is 9.24. The van der Waals surface area contributed by atoms with Gasteiger partial charge in [-0.2, -0.15) is 8.42 Å². The van der Waals surface area contributed by atoms with Crippen LogP contribution >= 0.6 is 11.6 Å². The smallest absolute Gasteiger partial charge is 0.261 e. The molecule has 2 N–H and O–H groups in total. The molecule has 0 saturated heterocycles. The summed E-state index contributed by atoms with van der Waals surface area (Å²) in [5.41, 5.74) is 1.19. The van der Waals surface area contributed by atoms with Crippen molar-refractivity contribution in [3.8, 4) is 0 Å². The zero-order chi connectivity index (χ0) is 14.9. The van der Waals surface area contributed by atoms with Crippen molar-refractivity contribution in [2.45, 2.75) is 32.1 Å². The van der Waals surface area contributed by atoms with Crippen LogP contribution in [0.3, 0.4) is 0 Å². The molecule has 1 atom stereocenters. The minimum Gasteiger partial charge on any atom is -0.396 e. The van der Waals surface area contributed by atoms with Gasteiger partial charge in [0.25, 0.3) is 10.1 Å². The molecule has 6 heteroatoms. The van der Waals surface area contributed by atoms with Crippen LogP contribution in [0.2, 0.25) is 5.02 Å². The third-order valence-corrected chi connectivity index (χ3v) is 2.72. The molecule has 19 heavy (non-hydrogen) atoms. The van der Waals surface area contributed by atoms with E-state index in [1.807, 2.05) is 24.3 Å². The van der Waals surface area contributed by atoms with Crippen molar-refractivity contribution in [3.05, 3.63) is 34.9 Å². The van der Waals surface area contributed by atoms with Gasteiger partial charge >= 0.3 is 0 Å². The van der Waals surface area contributed by atoms with E-state index in [1.54, 1.807) is 0 Å². The summed E-state index contributed by atoms with van der Waals surface area (Å²) in [4.78, 5) is 0. The summed E-state index contributed by atoms with van der Waals surface area (Å²) >= 11 is 5.80. The predicted octanol–water partition coefficient (Wildman–Crippen LogP) is 3.11. The first kappa shape index (κ1) is 18.4. The Morgan fingerprint density at radius 2 is 1.74 bits per heavy atom. The third kappa shape index (κ3) is 10.9. The molecule has 1 aromatic rings. The van der Waals surface area contributed by atoms with E-state index in [1.165, 1.54) is 12.0 Å². The van der Waals surface area contributed by atoms with Crippen molar-refractivity contribution in [1.29, 1.82) is 0 Å². The molecule has 4 nitrogen and oxygen atoms in total. The van der Waals surface area contributed by atoms with Gasteiger partial charge in [0, 0.05) is 17.5 Å². The largest absolute Gasteiger partial charge is 0.396 e. The zero-order valence-corrected chi connectivity index (χ0v) is 12.8. The average Bonchev–Trinajstić information content (AvgIpc) is 2.30.